The molecule has 0 aliphatic carbocycles. The van der Waals surface area contributed by atoms with Crippen LogP contribution in [0.3, 0.4) is 0 Å². The first-order chi connectivity index (χ1) is 16.6. The van der Waals surface area contributed by atoms with Crippen molar-refractivity contribution in [3.05, 3.63) is 89.9 Å². The highest BCUT2D eigenvalue weighted by Gasteiger charge is 2.22. The van der Waals surface area contributed by atoms with E-state index in [1.165, 1.54) is 0 Å². The Kier molecular flexibility index (Phi) is 9.73. The molecule has 7 heteroatoms. The first-order valence-electron chi connectivity index (χ1n) is 11.3. The van der Waals surface area contributed by atoms with E-state index >= 15 is 0 Å². The number of carbonyl (C=O) groups excluding carboxylic acids is 2. The Labute approximate surface area is 200 Å². The lowest BCUT2D eigenvalue weighted by atomic mass is 10.1. The van der Waals surface area contributed by atoms with Gasteiger partial charge in [-0.05, 0) is 41.8 Å². The van der Waals surface area contributed by atoms with Crippen molar-refractivity contribution in [2.75, 3.05) is 33.9 Å². The average molecular weight is 465 g/mol. The van der Waals surface area contributed by atoms with Crippen LogP contribution in [0.25, 0.3) is 0 Å². The van der Waals surface area contributed by atoms with Crippen LogP contribution in [-0.4, -0.2) is 55.5 Å². The summed E-state index contributed by atoms with van der Waals surface area (Å²) in [5.74, 6) is 1.19. The van der Waals surface area contributed by atoms with Gasteiger partial charge in [0, 0.05) is 26.8 Å². The van der Waals surface area contributed by atoms with Crippen molar-refractivity contribution in [3.8, 4) is 5.75 Å². The van der Waals surface area contributed by atoms with Gasteiger partial charge in [-0.15, -0.1) is 0 Å². The summed E-state index contributed by atoms with van der Waals surface area (Å²) in [6.07, 6.45) is 2.45. The van der Waals surface area contributed by atoms with E-state index in [1.807, 2.05) is 60.7 Å². The number of furan rings is 1. The summed E-state index contributed by atoms with van der Waals surface area (Å²) in [6, 6.07) is 20.8. The van der Waals surface area contributed by atoms with Crippen LogP contribution in [0.2, 0.25) is 0 Å². The Morgan fingerprint density at radius 3 is 2.24 bits per heavy atom. The monoisotopic (exact) mass is 464 g/mol. The standard InChI is InChI=1S/C27H32N2O5/c1-32-16-7-15-28(26(30)18-22-11-13-24(33-2)14-12-22)21-27(31)29(20-25-10-6-17-34-25)19-23-8-4-3-5-9-23/h3-6,8-14,17H,7,15-16,18-21H2,1-2H3. The number of rotatable bonds is 13. The van der Waals surface area contributed by atoms with E-state index in [4.69, 9.17) is 13.9 Å². The van der Waals surface area contributed by atoms with E-state index in [9.17, 15) is 9.59 Å². The quantitative estimate of drug-likeness (QED) is 0.359. The predicted molar refractivity (Wildman–Crippen MR) is 129 cm³/mol. The molecule has 34 heavy (non-hydrogen) atoms. The summed E-state index contributed by atoms with van der Waals surface area (Å²) in [5.41, 5.74) is 1.88. The molecular weight excluding hydrogens is 432 g/mol. The van der Waals surface area contributed by atoms with Gasteiger partial charge in [-0.2, -0.15) is 0 Å². The highest BCUT2D eigenvalue weighted by Crippen LogP contribution is 2.14. The van der Waals surface area contributed by atoms with E-state index in [2.05, 4.69) is 0 Å². The number of hydrogen-bond acceptors (Lipinski definition) is 5. The van der Waals surface area contributed by atoms with E-state index in [0.717, 1.165) is 16.9 Å². The van der Waals surface area contributed by atoms with Gasteiger partial charge in [0.1, 0.15) is 11.5 Å². The van der Waals surface area contributed by atoms with Crippen molar-refractivity contribution in [3.63, 3.8) is 0 Å². The van der Waals surface area contributed by atoms with Gasteiger partial charge in [-0.1, -0.05) is 42.5 Å². The number of hydrogen-bond donors (Lipinski definition) is 0. The number of nitrogens with zero attached hydrogens (tertiary/aromatic N) is 2. The predicted octanol–water partition coefficient (Wildman–Crippen LogP) is 3.92. The first-order valence-corrected chi connectivity index (χ1v) is 11.3. The van der Waals surface area contributed by atoms with Crippen LogP contribution in [0.15, 0.2) is 77.4 Å². The first kappa shape index (κ1) is 25.1. The van der Waals surface area contributed by atoms with Crippen LogP contribution >= 0.6 is 0 Å². The molecule has 0 aliphatic rings. The third-order valence-electron chi connectivity index (χ3n) is 5.47. The maximum Gasteiger partial charge on any atom is 0.242 e. The van der Waals surface area contributed by atoms with E-state index in [1.54, 1.807) is 36.3 Å². The van der Waals surface area contributed by atoms with Gasteiger partial charge < -0.3 is 23.7 Å². The zero-order valence-corrected chi connectivity index (χ0v) is 19.8. The zero-order valence-electron chi connectivity index (χ0n) is 19.8. The lowest BCUT2D eigenvalue weighted by Crippen LogP contribution is -2.43. The minimum absolute atomic E-state index is 0.00769. The van der Waals surface area contributed by atoms with Crippen LogP contribution in [0.1, 0.15) is 23.3 Å². The second kappa shape index (κ2) is 13.2. The lowest BCUT2D eigenvalue weighted by Gasteiger charge is -2.27. The lowest BCUT2D eigenvalue weighted by molar-refractivity contribution is -0.141. The van der Waals surface area contributed by atoms with Gasteiger partial charge in [0.2, 0.25) is 11.8 Å². The fourth-order valence-electron chi connectivity index (χ4n) is 3.61. The summed E-state index contributed by atoms with van der Waals surface area (Å²) < 4.78 is 15.8. The molecule has 0 fully saturated rings. The largest absolute Gasteiger partial charge is 0.497 e. The Bertz CT molecular complexity index is 1000. The van der Waals surface area contributed by atoms with Crippen LogP contribution in [0.5, 0.6) is 5.75 Å². The summed E-state index contributed by atoms with van der Waals surface area (Å²) in [6.45, 7) is 1.71. The third kappa shape index (κ3) is 7.78. The minimum atomic E-state index is -0.138. The van der Waals surface area contributed by atoms with E-state index in [0.29, 0.717) is 38.4 Å². The molecule has 0 bridgehead atoms. The fraction of sp³-hybridized carbons (Fsp3) is 0.333. The summed E-state index contributed by atoms with van der Waals surface area (Å²) in [5, 5.41) is 0. The van der Waals surface area contributed by atoms with E-state index < -0.39 is 0 Å². The maximum absolute atomic E-state index is 13.4. The molecule has 0 saturated carbocycles. The molecule has 2 amide bonds. The fourth-order valence-corrected chi connectivity index (χ4v) is 3.61. The Morgan fingerprint density at radius 2 is 1.59 bits per heavy atom. The van der Waals surface area contributed by atoms with Gasteiger partial charge >= 0.3 is 0 Å². The topological polar surface area (TPSA) is 72.2 Å². The molecule has 7 nitrogen and oxygen atoms in total. The molecule has 0 spiro atoms. The van der Waals surface area contributed by atoms with Crippen LogP contribution in [0.4, 0.5) is 0 Å². The van der Waals surface area contributed by atoms with Crippen LogP contribution < -0.4 is 4.74 Å². The van der Waals surface area contributed by atoms with Crippen molar-refractivity contribution < 1.29 is 23.5 Å². The second-order valence-corrected chi connectivity index (χ2v) is 8.00. The van der Waals surface area contributed by atoms with Crippen molar-refractivity contribution >= 4 is 11.8 Å². The molecule has 1 heterocycles. The van der Waals surface area contributed by atoms with Crippen molar-refractivity contribution in [2.45, 2.75) is 25.9 Å². The van der Waals surface area contributed by atoms with Gasteiger partial charge in [0.25, 0.3) is 0 Å². The third-order valence-corrected chi connectivity index (χ3v) is 5.47. The average Bonchev–Trinajstić information content (AvgIpc) is 3.37. The molecule has 0 N–H and O–H groups in total. The van der Waals surface area contributed by atoms with Gasteiger partial charge in [-0.25, -0.2) is 0 Å². The summed E-state index contributed by atoms with van der Waals surface area (Å²) in [7, 11) is 3.23. The second-order valence-electron chi connectivity index (χ2n) is 8.00. The molecule has 3 rings (SSSR count). The molecule has 3 aromatic rings. The van der Waals surface area contributed by atoms with Crippen LogP contribution in [0, 0.1) is 0 Å². The molecular formula is C27H32N2O5. The number of ether oxygens (including phenoxy) is 2. The Hall–Kier alpha value is -3.58. The Balaban J connectivity index is 1.72. The highest BCUT2D eigenvalue weighted by atomic mass is 16.5. The van der Waals surface area contributed by atoms with Crippen molar-refractivity contribution in [1.82, 2.24) is 9.80 Å². The molecule has 0 atom stereocenters. The molecule has 2 aromatic carbocycles. The van der Waals surface area contributed by atoms with Crippen molar-refractivity contribution in [1.29, 1.82) is 0 Å². The normalized spacial score (nSPS) is 10.6. The molecule has 0 unspecified atom stereocenters. The molecule has 0 radical (unpaired) electrons. The molecule has 0 aliphatic heterocycles. The van der Waals surface area contributed by atoms with Gasteiger partial charge in [0.05, 0.1) is 32.9 Å². The number of methoxy groups -OCH3 is 2. The molecule has 180 valence electrons. The highest BCUT2D eigenvalue weighted by molar-refractivity contribution is 5.86. The van der Waals surface area contributed by atoms with Crippen molar-refractivity contribution in [2.24, 2.45) is 0 Å². The number of benzene rings is 2. The van der Waals surface area contributed by atoms with E-state index in [-0.39, 0.29) is 24.8 Å². The SMILES string of the molecule is COCCCN(CC(=O)N(Cc1ccccc1)Cc1ccco1)C(=O)Cc1ccc(OC)cc1. The summed E-state index contributed by atoms with van der Waals surface area (Å²) in [4.78, 5) is 29.9. The van der Waals surface area contributed by atoms with Gasteiger partial charge in [-0.3, -0.25) is 9.59 Å². The molecule has 1 aromatic heterocycles. The smallest absolute Gasteiger partial charge is 0.242 e. The molecule has 0 saturated heterocycles. The minimum Gasteiger partial charge on any atom is -0.497 e. The number of amides is 2. The number of carbonyl (C=O) groups is 2. The zero-order chi connectivity index (χ0) is 24.2. The summed E-state index contributed by atoms with van der Waals surface area (Å²) >= 11 is 0. The van der Waals surface area contributed by atoms with Crippen LogP contribution in [-0.2, 0) is 33.8 Å². The maximum atomic E-state index is 13.4. The Morgan fingerprint density at radius 1 is 0.824 bits per heavy atom. The van der Waals surface area contributed by atoms with Gasteiger partial charge in [0.15, 0.2) is 0 Å².